The van der Waals surface area contributed by atoms with Gasteiger partial charge in [0.1, 0.15) is 18.1 Å². The number of amides is 1. The molecule has 11 heteroatoms. The molecule has 1 fully saturated rings. The van der Waals surface area contributed by atoms with E-state index < -0.39 is 17.7 Å². The van der Waals surface area contributed by atoms with Crippen molar-refractivity contribution in [3.8, 4) is 17.2 Å². The number of nitrogens with zero attached hydrogens (tertiary/aromatic N) is 3. The normalized spacial score (nSPS) is 15.4. The van der Waals surface area contributed by atoms with Gasteiger partial charge < -0.3 is 19.3 Å². The predicted molar refractivity (Wildman–Crippen MR) is 192 cm³/mol. The number of methoxy groups -OCH3 is 1. The van der Waals surface area contributed by atoms with Gasteiger partial charge in [-0.3, -0.25) is 14.5 Å². The molecular weight excluding hydrogens is 659 g/mol. The third kappa shape index (κ3) is 7.33. The predicted octanol–water partition coefficient (Wildman–Crippen LogP) is 8.06. The monoisotopic (exact) mass is 693 g/mol. The Hall–Kier alpha value is -5.13. The summed E-state index contributed by atoms with van der Waals surface area (Å²) < 4.78 is 17.9. The Morgan fingerprint density at radius 1 is 0.918 bits per heavy atom. The van der Waals surface area contributed by atoms with Crippen molar-refractivity contribution in [3.05, 3.63) is 130 Å². The minimum absolute atomic E-state index is 0.0751. The van der Waals surface area contributed by atoms with Crippen LogP contribution in [0, 0.1) is 13.8 Å². The number of carbonyl (C=O) groups excluding carboxylic acids is 2. The fraction of sp³-hybridized carbons (Fsp3) is 0.211. The number of ketones is 1. The summed E-state index contributed by atoms with van der Waals surface area (Å²) in [7, 11) is 1.52. The summed E-state index contributed by atoms with van der Waals surface area (Å²) in [6.07, 6.45) is 0. The van der Waals surface area contributed by atoms with Crippen molar-refractivity contribution in [1.29, 1.82) is 0 Å². The first-order valence-corrected chi connectivity index (χ1v) is 17.5. The van der Waals surface area contributed by atoms with Gasteiger partial charge >= 0.3 is 5.91 Å². The summed E-state index contributed by atoms with van der Waals surface area (Å²) >= 11 is 2.70. The van der Waals surface area contributed by atoms with Crippen LogP contribution in [-0.4, -0.2) is 40.7 Å². The summed E-state index contributed by atoms with van der Waals surface area (Å²) in [5.74, 6) is 0.227. The molecule has 0 saturated carbocycles. The molecule has 0 spiro atoms. The van der Waals surface area contributed by atoms with Gasteiger partial charge in [0, 0.05) is 11.3 Å². The molecule has 9 nitrogen and oxygen atoms in total. The second kappa shape index (κ2) is 15.0. The maximum Gasteiger partial charge on any atom is 0.301 e. The Morgan fingerprint density at radius 3 is 2.39 bits per heavy atom. The topological polar surface area (TPSA) is 111 Å². The molecule has 0 aliphatic carbocycles. The van der Waals surface area contributed by atoms with E-state index in [-0.39, 0.29) is 16.5 Å². The molecule has 5 aromatic rings. The molecular formula is C38H35N3O6S2. The number of aliphatic hydroxyl groups excluding tert-OH is 1. The first-order valence-electron chi connectivity index (χ1n) is 15.7. The Kier molecular flexibility index (Phi) is 10.3. The van der Waals surface area contributed by atoms with Gasteiger partial charge in [0.05, 0.1) is 25.3 Å². The third-order valence-electron chi connectivity index (χ3n) is 8.12. The number of benzene rings is 4. The average Bonchev–Trinajstić information content (AvgIpc) is 3.69. The van der Waals surface area contributed by atoms with Gasteiger partial charge in [-0.1, -0.05) is 83.3 Å². The lowest BCUT2D eigenvalue weighted by molar-refractivity contribution is -0.132. The summed E-state index contributed by atoms with van der Waals surface area (Å²) in [5, 5.41) is 20.6. The molecule has 0 radical (unpaired) electrons. The number of aryl methyl sites for hydroxylation is 2. The van der Waals surface area contributed by atoms with Gasteiger partial charge in [-0.25, -0.2) is 0 Å². The van der Waals surface area contributed by atoms with Crippen LogP contribution in [0.15, 0.2) is 101 Å². The van der Waals surface area contributed by atoms with Crippen molar-refractivity contribution >= 4 is 45.7 Å². The number of rotatable bonds is 12. The van der Waals surface area contributed by atoms with E-state index in [0.29, 0.717) is 51.7 Å². The highest BCUT2D eigenvalue weighted by atomic mass is 32.2. The number of aromatic nitrogens is 2. The number of aliphatic hydroxyl groups is 1. The van der Waals surface area contributed by atoms with Gasteiger partial charge in [-0.2, -0.15) is 0 Å². The molecule has 1 amide bonds. The van der Waals surface area contributed by atoms with Gasteiger partial charge in [-0.15, -0.1) is 10.2 Å². The van der Waals surface area contributed by atoms with Crippen LogP contribution in [0.5, 0.6) is 17.2 Å². The lowest BCUT2D eigenvalue weighted by Crippen LogP contribution is -2.29. The number of hydrogen-bond acceptors (Lipinski definition) is 10. The van der Waals surface area contributed by atoms with Crippen molar-refractivity contribution in [1.82, 2.24) is 10.2 Å². The van der Waals surface area contributed by atoms with Crippen molar-refractivity contribution in [2.75, 3.05) is 18.6 Å². The Labute approximate surface area is 293 Å². The molecule has 49 heavy (non-hydrogen) atoms. The fourth-order valence-electron chi connectivity index (χ4n) is 5.46. The van der Waals surface area contributed by atoms with Crippen molar-refractivity contribution in [2.24, 2.45) is 0 Å². The van der Waals surface area contributed by atoms with Crippen LogP contribution in [0.4, 0.5) is 5.13 Å². The first kappa shape index (κ1) is 33.8. The summed E-state index contributed by atoms with van der Waals surface area (Å²) in [6.45, 7) is 6.74. The maximum absolute atomic E-state index is 13.8. The Morgan fingerprint density at radius 2 is 1.67 bits per heavy atom. The minimum atomic E-state index is -1.01. The number of thioether (sulfide) groups is 1. The molecule has 1 unspecified atom stereocenters. The lowest BCUT2D eigenvalue weighted by Gasteiger charge is -2.23. The van der Waals surface area contributed by atoms with E-state index in [2.05, 4.69) is 34.5 Å². The van der Waals surface area contributed by atoms with E-state index in [1.165, 1.54) is 40.7 Å². The number of Topliss-reactive ketones (excluding diaryl/α,β-unsaturated/α-hetero) is 1. The van der Waals surface area contributed by atoms with Gasteiger partial charge in [0.15, 0.2) is 15.8 Å². The van der Waals surface area contributed by atoms with E-state index in [1.54, 1.807) is 42.5 Å². The van der Waals surface area contributed by atoms with Gasteiger partial charge in [0.2, 0.25) is 5.13 Å². The van der Waals surface area contributed by atoms with E-state index in [1.807, 2.05) is 45.0 Å². The van der Waals surface area contributed by atoms with Crippen LogP contribution in [-0.2, 0) is 21.9 Å². The standard InChI is InChI=1S/C38H35N3O6S2/c1-5-46-30-19-16-27(20-31(30)45-4)33-32(34(42)26-14-17-29(18-15-26)47-21-28-9-7-6-8-24(28)3)35(43)36(44)41(33)37-39-40-38(49-37)48-22-25-12-10-23(2)11-13-25/h6-20,33,42H,5,21-22H2,1-4H3. The van der Waals surface area contributed by atoms with Crippen molar-refractivity contribution in [2.45, 2.75) is 43.5 Å². The van der Waals surface area contributed by atoms with Gasteiger partial charge in [-0.05, 0) is 79.4 Å². The third-order valence-corrected chi connectivity index (χ3v) is 10.2. The number of hydrogen-bond donors (Lipinski definition) is 1. The van der Waals surface area contributed by atoms with Crippen LogP contribution in [0.3, 0.4) is 0 Å². The molecule has 1 atom stereocenters. The average molecular weight is 694 g/mol. The highest BCUT2D eigenvalue weighted by Crippen LogP contribution is 2.45. The van der Waals surface area contributed by atoms with Crippen LogP contribution in [0.25, 0.3) is 5.76 Å². The number of ether oxygens (including phenoxy) is 3. The van der Waals surface area contributed by atoms with E-state index in [4.69, 9.17) is 14.2 Å². The van der Waals surface area contributed by atoms with Crippen LogP contribution in [0.1, 0.15) is 46.3 Å². The Bertz CT molecular complexity index is 2010. The molecule has 1 aliphatic rings. The zero-order valence-corrected chi connectivity index (χ0v) is 29.1. The molecule has 0 bridgehead atoms. The molecule has 1 N–H and O–H groups in total. The molecule has 2 heterocycles. The van der Waals surface area contributed by atoms with Crippen molar-refractivity contribution < 1.29 is 28.9 Å². The van der Waals surface area contributed by atoms with E-state index in [0.717, 1.165) is 16.7 Å². The highest BCUT2D eigenvalue weighted by molar-refractivity contribution is 8.00. The smallest absolute Gasteiger partial charge is 0.301 e. The minimum Gasteiger partial charge on any atom is -0.507 e. The lowest BCUT2D eigenvalue weighted by atomic mass is 9.95. The molecule has 1 aromatic heterocycles. The molecule has 6 rings (SSSR count). The number of carbonyl (C=O) groups is 2. The molecule has 4 aromatic carbocycles. The first-order chi connectivity index (χ1) is 23.8. The van der Waals surface area contributed by atoms with Crippen LogP contribution in [0.2, 0.25) is 0 Å². The van der Waals surface area contributed by atoms with Gasteiger partial charge in [0.25, 0.3) is 5.78 Å². The second-order valence-electron chi connectivity index (χ2n) is 11.4. The summed E-state index contributed by atoms with van der Waals surface area (Å²) in [5.41, 5.74) is 5.30. The molecule has 1 aliphatic heterocycles. The van der Waals surface area contributed by atoms with E-state index in [9.17, 15) is 14.7 Å². The zero-order valence-electron chi connectivity index (χ0n) is 27.5. The highest BCUT2D eigenvalue weighted by Gasteiger charge is 2.48. The fourth-order valence-corrected chi connectivity index (χ4v) is 7.28. The summed E-state index contributed by atoms with van der Waals surface area (Å²) in [4.78, 5) is 28.8. The SMILES string of the molecule is CCOc1ccc(C2C(=C(O)c3ccc(OCc4ccccc4C)cc3)C(=O)C(=O)N2c2nnc(SCc3ccc(C)cc3)s2)cc1OC. The van der Waals surface area contributed by atoms with Crippen LogP contribution >= 0.6 is 23.1 Å². The molecule has 250 valence electrons. The Balaban J connectivity index is 1.34. The largest absolute Gasteiger partial charge is 0.507 e. The van der Waals surface area contributed by atoms with Crippen LogP contribution < -0.4 is 19.1 Å². The zero-order chi connectivity index (χ0) is 34.5. The second-order valence-corrected chi connectivity index (χ2v) is 13.6. The quantitative estimate of drug-likeness (QED) is 0.0456. The maximum atomic E-state index is 13.8. The number of anilines is 1. The van der Waals surface area contributed by atoms with E-state index >= 15 is 0 Å². The summed E-state index contributed by atoms with van der Waals surface area (Å²) in [6, 6.07) is 27.1. The van der Waals surface area contributed by atoms with Crippen molar-refractivity contribution in [3.63, 3.8) is 0 Å². The molecule has 1 saturated heterocycles.